The van der Waals surface area contributed by atoms with E-state index in [4.69, 9.17) is 14.2 Å². The van der Waals surface area contributed by atoms with E-state index in [0.29, 0.717) is 30.9 Å². The number of halogens is 1. The molecule has 22 heavy (non-hydrogen) atoms. The Morgan fingerprint density at radius 1 is 1.36 bits per heavy atom. The van der Waals surface area contributed by atoms with E-state index in [1.54, 1.807) is 31.2 Å². The van der Waals surface area contributed by atoms with Crippen LogP contribution in [0.2, 0.25) is 0 Å². The van der Waals surface area contributed by atoms with Gasteiger partial charge in [0, 0.05) is 13.0 Å². The molecule has 1 fully saturated rings. The Kier molecular flexibility index (Phi) is 7.14. The van der Waals surface area contributed by atoms with Gasteiger partial charge in [-0.1, -0.05) is 6.07 Å². The molecule has 1 saturated heterocycles. The average molecular weight is 330 g/mol. The van der Waals surface area contributed by atoms with E-state index in [1.165, 1.54) is 7.11 Å². The number of hydrogen-bond acceptors (Lipinski definition) is 6. The molecule has 0 aromatic heterocycles. The van der Waals surface area contributed by atoms with Crippen LogP contribution in [0.4, 0.5) is 0 Å². The van der Waals surface area contributed by atoms with Gasteiger partial charge in [0.05, 0.1) is 19.3 Å². The van der Waals surface area contributed by atoms with Crippen LogP contribution in [0.25, 0.3) is 0 Å². The van der Waals surface area contributed by atoms with Gasteiger partial charge in [-0.05, 0) is 25.1 Å². The number of carbonyl (C=O) groups excluding carboxylic acids is 2. The summed E-state index contributed by atoms with van der Waals surface area (Å²) in [6.07, 6.45) is 0.405. The molecule has 0 radical (unpaired) electrons. The fourth-order valence-corrected chi connectivity index (χ4v) is 2.22. The van der Waals surface area contributed by atoms with Crippen LogP contribution in [0, 0.1) is 0 Å². The third kappa shape index (κ3) is 4.61. The molecule has 1 aliphatic rings. The smallest absolute Gasteiger partial charge is 0.338 e. The van der Waals surface area contributed by atoms with Crippen molar-refractivity contribution in [3.8, 4) is 5.75 Å². The zero-order valence-corrected chi connectivity index (χ0v) is 13.4. The van der Waals surface area contributed by atoms with Gasteiger partial charge in [0.2, 0.25) is 0 Å². The van der Waals surface area contributed by atoms with Crippen LogP contribution >= 0.6 is 12.4 Å². The van der Waals surface area contributed by atoms with Crippen molar-refractivity contribution in [2.24, 2.45) is 0 Å². The minimum Gasteiger partial charge on any atom is -0.489 e. The van der Waals surface area contributed by atoms with Crippen molar-refractivity contribution in [1.82, 2.24) is 5.32 Å². The summed E-state index contributed by atoms with van der Waals surface area (Å²) in [6.45, 7) is 2.65. The highest BCUT2D eigenvalue weighted by molar-refractivity contribution is 5.89. The molecule has 1 aromatic rings. The Labute approximate surface area is 135 Å². The SMILES string of the molecule is CCOC(=O)c1cccc(O[C@@H]2CN[C@H](C(=O)OC)C2)c1.Cl. The summed E-state index contributed by atoms with van der Waals surface area (Å²) in [5.74, 6) is -0.0841. The van der Waals surface area contributed by atoms with Gasteiger partial charge in [0.1, 0.15) is 17.9 Å². The highest BCUT2D eigenvalue weighted by atomic mass is 35.5. The summed E-state index contributed by atoms with van der Waals surface area (Å²) in [4.78, 5) is 23.1. The minimum atomic E-state index is -0.375. The Hall–Kier alpha value is -1.79. The van der Waals surface area contributed by atoms with E-state index >= 15 is 0 Å². The Morgan fingerprint density at radius 2 is 2.14 bits per heavy atom. The van der Waals surface area contributed by atoms with E-state index in [1.807, 2.05) is 0 Å². The van der Waals surface area contributed by atoms with Crippen LogP contribution in [-0.2, 0) is 14.3 Å². The first-order valence-electron chi connectivity index (χ1n) is 6.89. The molecule has 0 aliphatic carbocycles. The number of benzene rings is 1. The number of carbonyl (C=O) groups is 2. The van der Waals surface area contributed by atoms with Crippen LogP contribution in [0.3, 0.4) is 0 Å². The molecule has 7 heteroatoms. The van der Waals surface area contributed by atoms with E-state index in [2.05, 4.69) is 5.32 Å². The first-order chi connectivity index (χ1) is 10.1. The van der Waals surface area contributed by atoms with Crippen molar-refractivity contribution in [3.05, 3.63) is 29.8 Å². The summed E-state index contributed by atoms with van der Waals surface area (Å²) in [6, 6.07) is 6.49. The lowest BCUT2D eigenvalue weighted by atomic mass is 10.2. The summed E-state index contributed by atoms with van der Waals surface area (Å²) in [5.41, 5.74) is 0.449. The molecule has 1 heterocycles. The van der Waals surface area contributed by atoms with Crippen molar-refractivity contribution < 1.29 is 23.8 Å². The maximum absolute atomic E-state index is 11.7. The Bertz CT molecular complexity index is 522. The second-order valence-corrected chi connectivity index (χ2v) is 4.71. The summed E-state index contributed by atoms with van der Waals surface area (Å²) >= 11 is 0. The average Bonchev–Trinajstić information content (AvgIpc) is 2.95. The number of rotatable bonds is 5. The maximum atomic E-state index is 11.7. The van der Waals surface area contributed by atoms with E-state index in [9.17, 15) is 9.59 Å². The molecule has 0 spiro atoms. The van der Waals surface area contributed by atoms with Crippen molar-refractivity contribution in [2.75, 3.05) is 20.3 Å². The van der Waals surface area contributed by atoms with Gasteiger partial charge in [0.15, 0.2) is 0 Å². The second-order valence-electron chi connectivity index (χ2n) is 4.71. The third-order valence-corrected chi connectivity index (χ3v) is 3.22. The topological polar surface area (TPSA) is 73.9 Å². The van der Waals surface area contributed by atoms with Gasteiger partial charge < -0.3 is 19.5 Å². The molecule has 122 valence electrons. The van der Waals surface area contributed by atoms with Crippen molar-refractivity contribution in [1.29, 1.82) is 0 Å². The predicted molar refractivity (Wildman–Crippen MR) is 82.5 cm³/mol. The molecule has 0 bridgehead atoms. The van der Waals surface area contributed by atoms with Crippen LogP contribution in [0.5, 0.6) is 5.75 Å². The van der Waals surface area contributed by atoms with Crippen molar-refractivity contribution >= 4 is 24.3 Å². The molecule has 0 saturated carbocycles. The molecule has 1 aromatic carbocycles. The van der Waals surface area contributed by atoms with Gasteiger partial charge >= 0.3 is 11.9 Å². The number of nitrogens with one attached hydrogen (secondary N) is 1. The molecule has 2 rings (SSSR count). The number of hydrogen-bond donors (Lipinski definition) is 1. The summed E-state index contributed by atoms with van der Waals surface area (Å²) in [7, 11) is 1.36. The number of esters is 2. The quantitative estimate of drug-likeness (QED) is 0.827. The lowest BCUT2D eigenvalue weighted by Crippen LogP contribution is -2.31. The van der Waals surface area contributed by atoms with Crippen LogP contribution in [-0.4, -0.2) is 44.3 Å². The first-order valence-corrected chi connectivity index (χ1v) is 6.89. The molecule has 1 aliphatic heterocycles. The van der Waals surface area contributed by atoms with Crippen LogP contribution in [0.1, 0.15) is 23.7 Å². The van der Waals surface area contributed by atoms with Gasteiger partial charge in [0.25, 0.3) is 0 Å². The number of ether oxygens (including phenoxy) is 3. The lowest BCUT2D eigenvalue weighted by molar-refractivity contribution is -0.142. The minimum absolute atomic E-state index is 0. The maximum Gasteiger partial charge on any atom is 0.338 e. The monoisotopic (exact) mass is 329 g/mol. The zero-order chi connectivity index (χ0) is 15.2. The zero-order valence-electron chi connectivity index (χ0n) is 12.5. The second kappa shape index (κ2) is 8.60. The molecule has 0 unspecified atom stereocenters. The van der Waals surface area contributed by atoms with Gasteiger partial charge in [-0.3, -0.25) is 4.79 Å². The summed E-state index contributed by atoms with van der Waals surface area (Å²) < 4.78 is 15.4. The van der Waals surface area contributed by atoms with Crippen LogP contribution < -0.4 is 10.1 Å². The predicted octanol–water partition coefficient (Wildman–Crippen LogP) is 1.57. The first kappa shape index (κ1) is 18.3. The fourth-order valence-electron chi connectivity index (χ4n) is 2.22. The van der Waals surface area contributed by atoms with E-state index in [-0.39, 0.29) is 36.5 Å². The van der Waals surface area contributed by atoms with E-state index in [0.717, 1.165) is 0 Å². The van der Waals surface area contributed by atoms with Gasteiger partial charge in [-0.2, -0.15) is 0 Å². The Balaban J connectivity index is 0.00000242. The summed E-state index contributed by atoms with van der Waals surface area (Å²) in [5, 5.41) is 3.04. The van der Waals surface area contributed by atoms with Gasteiger partial charge in [-0.15, -0.1) is 12.4 Å². The molecule has 0 amide bonds. The molecular formula is C15H20ClNO5. The molecular weight excluding hydrogens is 310 g/mol. The molecule has 1 N–H and O–H groups in total. The largest absolute Gasteiger partial charge is 0.489 e. The van der Waals surface area contributed by atoms with Crippen molar-refractivity contribution in [3.63, 3.8) is 0 Å². The van der Waals surface area contributed by atoms with Crippen molar-refractivity contribution in [2.45, 2.75) is 25.5 Å². The normalized spacial score (nSPS) is 19.9. The van der Waals surface area contributed by atoms with Crippen LogP contribution in [0.15, 0.2) is 24.3 Å². The molecule has 2 atom stereocenters. The van der Waals surface area contributed by atoms with Gasteiger partial charge in [-0.25, -0.2) is 4.79 Å². The lowest BCUT2D eigenvalue weighted by Gasteiger charge is -2.13. The fraction of sp³-hybridized carbons (Fsp3) is 0.467. The highest BCUT2D eigenvalue weighted by Gasteiger charge is 2.31. The molecule has 6 nitrogen and oxygen atoms in total. The number of methoxy groups -OCH3 is 1. The standard InChI is InChI=1S/C15H19NO5.ClH/c1-3-20-14(17)10-5-4-6-11(7-10)21-12-8-13(16-9-12)15(18)19-2;/h4-7,12-13,16H,3,8-9H2,1-2H3;1H/t12-,13-;/m0./s1. The Morgan fingerprint density at radius 3 is 2.82 bits per heavy atom. The highest BCUT2D eigenvalue weighted by Crippen LogP contribution is 2.19. The third-order valence-electron chi connectivity index (χ3n) is 3.22. The van der Waals surface area contributed by atoms with E-state index < -0.39 is 0 Å².